The standard InChI is InChI=1S/C20H20N4O3/c1-14(20(26)22-12-15-5-3-7-17(11-15)27-2)24-19(25)9-8-18(23-24)16-6-4-10-21-13-16/h3-11,13-14H,12H2,1-2H3,(H,22,26). The first-order valence-corrected chi connectivity index (χ1v) is 8.49. The molecule has 0 aliphatic heterocycles. The normalized spacial score (nSPS) is 11.6. The van der Waals surface area contributed by atoms with E-state index in [0.717, 1.165) is 16.9 Å². The minimum absolute atomic E-state index is 0.296. The van der Waals surface area contributed by atoms with Crippen LogP contribution in [-0.2, 0) is 11.3 Å². The van der Waals surface area contributed by atoms with Gasteiger partial charge in [-0.05, 0) is 42.8 Å². The van der Waals surface area contributed by atoms with E-state index in [9.17, 15) is 9.59 Å². The van der Waals surface area contributed by atoms with Crippen LogP contribution in [0.4, 0.5) is 0 Å². The average Bonchev–Trinajstić information content (AvgIpc) is 2.72. The summed E-state index contributed by atoms with van der Waals surface area (Å²) in [7, 11) is 1.59. The van der Waals surface area contributed by atoms with Crippen LogP contribution in [0.3, 0.4) is 0 Å². The number of methoxy groups -OCH3 is 1. The van der Waals surface area contributed by atoms with Crippen molar-refractivity contribution in [2.24, 2.45) is 0 Å². The Bertz CT molecular complexity index is 986. The summed E-state index contributed by atoms with van der Waals surface area (Å²) in [4.78, 5) is 28.8. The van der Waals surface area contributed by atoms with Gasteiger partial charge in [-0.2, -0.15) is 5.10 Å². The van der Waals surface area contributed by atoms with E-state index in [4.69, 9.17) is 4.74 Å². The Labute approximate surface area is 156 Å². The Morgan fingerprint density at radius 3 is 2.81 bits per heavy atom. The van der Waals surface area contributed by atoms with Gasteiger partial charge in [-0.1, -0.05) is 12.1 Å². The van der Waals surface area contributed by atoms with Gasteiger partial charge in [0, 0.05) is 30.6 Å². The van der Waals surface area contributed by atoms with Gasteiger partial charge in [-0.15, -0.1) is 0 Å². The Hall–Kier alpha value is -3.48. The van der Waals surface area contributed by atoms with Crippen molar-refractivity contribution in [3.05, 3.63) is 76.8 Å². The first-order valence-electron chi connectivity index (χ1n) is 8.49. The van der Waals surface area contributed by atoms with Crippen LogP contribution < -0.4 is 15.6 Å². The molecular formula is C20H20N4O3. The van der Waals surface area contributed by atoms with Gasteiger partial charge in [0.05, 0.1) is 12.8 Å². The number of hydrogen-bond acceptors (Lipinski definition) is 5. The van der Waals surface area contributed by atoms with Crippen molar-refractivity contribution >= 4 is 5.91 Å². The van der Waals surface area contributed by atoms with Gasteiger partial charge < -0.3 is 10.1 Å². The van der Waals surface area contributed by atoms with Crippen LogP contribution >= 0.6 is 0 Å². The molecule has 7 nitrogen and oxygen atoms in total. The molecule has 0 spiro atoms. The van der Waals surface area contributed by atoms with Crippen LogP contribution in [-0.4, -0.2) is 27.8 Å². The lowest BCUT2D eigenvalue weighted by Crippen LogP contribution is -2.36. The number of nitrogens with one attached hydrogen (secondary N) is 1. The molecule has 0 saturated carbocycles. The number of ether oxygens (including phenoxy) is 1. The van der Waals surface area contributed by atoms with Crippen molar-refractivity contribution in [1.29, 1.82) is 0 Å². The van der Waals surface area contributed by atoms with Crippen LogP contribution in [0.25, 0.3) is 11.3 Å². The summed E-state index contributed by atoms with van der Waals surface area (Å²) >= 11 is 0. The predicted octanol–water partition coefficient (Wildman–Crippen LogP) is 2.19. The molecule has 1 N–H and O–H groups in total. The summed E-state index contributed by atoms with van der Waals surface area (Å²) in [6, 6.07) is 13.3. The quantitative estimate of drug-likeness (QED) is 0.725. The number of nitrogens with zero attached hydrogens (tertiary/aromatic N) is 3. The number of rotatable bonds is 6. The SMILES string of the molecule is COc1cccc(CNC(=O)C(C)n2nc(-c3cccnc3)ccc2=O)c1. The summed E-state index contributed by atoms with van der Waals surface area (Å²) in [5.74, 6) is 0.424. The van der Waals surface area contributed by atoms with Gasteiger partial charge in [0.25, 0.3) is 5.56 Å². The number of aromatic nitrogens is 3. The van der Waals surface area contributed by atoms with Crippen molar-refractivity contribution in [2.45, 2.75) is 19.5 Å². The predicted molar refractivity (Wildman–Crippen MR) is 101 cm³/mol. The van der Waals surface area contributed by atoms with Crippen LogP contribution in [0.5, 0.6) is 5.75 Å². The Balaban J connectivity index is 1.75. The van der Waals surface area contributed by atoms with Gasteiger partial charge in [0.1, 0.15) is 11.8 Å². The fourth-order valence-electron chi connectivity index (χ4n) is 2.60. The van der Waals surface area contributed by atoms with Crippen molar-refractivity contribution < 1.29 is 9.53 Å². The van der Waals surface area contributed by atoms with Gasteiger partial charge in [-0.3, -0.25) is 14.6 Å². The van der Waals surface area contributed by atoms with E-state index in [1.165, 1.54) is 10.7 Å². The van der Waals surface area contributed by atoms with Gasteiger partial charge in [-0.25, -0.2) is 4.68 Å². The van der Waals surface area contributed by atoms with Crippen molar-refractivity contribution in [1.82, 2.24) is 20.1 Å². The van der Waals surface area contributed by atoms with Crippen molar-refractivity contribution in [3.63, 3.8) is 0 Å². The maximum Gasteiger partial charge on any atom is 0.267 e. The zero-order valence-electron chi connectivity index (χ0n) is 15.1. The van der Waals surface area contributed by atoms with Gasteiger partial charge in [0.2, 0.25) is 5.91 Å². The first-order chi connectivity index (χ1) is 13.1. The molecule has 0 aliphatic carbocycles. The molecule has 1 unspecified atom stereocenters. The molecule has 7 heteroatoms. The highest BCUT2D eigenvalue weighted by Gasteiger charge is 2.18. The minimum Gasteiger partial charge on any atom is -0.497 e. The van der Waals surface area contributed by atoms with E-state index in [1.807, 2.05) is 30.3 Å². The monoisotopic (exact) mass is 364 g/mol. The lowest BCUT2D eigenvalue weighted by atomic mass is 10.2. The third kappa shape index (κ3) is 4.38. The molecule has 1 aromatic carbocycles. The number of hydrogen-bond donors (Lipinski definition) is 1. The Morgan fingerprint density at radius 1 is 1.22 bits per heavy atom. The molecule has 27 heavy (non-hydrogen) atoms. The fraction of sp³-hybridized carbons (Fsp3) is 0.200. The zero-order valence-corrected chi connectivity index (χ0v) is 15.1. The largest absolute Gasteiger partial charge is 0.497 e. The highest BCUT2D eigenvalue weighted by atomic mass is 16.5. The first kappa shape index (κ1) is 18.3. The second kappa shape index (κ2) is 8.27. The third-order valence-corrected chi connectivity index (χ3v) is 4.13. The molecule has 1 atom stereocenters. The summed E-state index contributed by atoms with van der Waals surface area (Å²) in [6.45, 7) is 1.97. The molecule has 3 aromatic rings. The lowest BCUT2D eigenvalue weighted by Gasteiger charge is -2.15. The number of amides is 1. The molecule has 1 amide bonds. The molecule has 138 valence electrons. The molecule has 0 radical (unpaired) electrons. The van der Waals surface area contributed by atoms with E-state index in [2.05, 4.69) is 15.4 Å². The topological polar surface area (TPSA) is 86.1 Å². The van der Waals surface area contributed by atoms with E-state index in [0.29, 0.717) is 12.2 Å². The van der Waals surface area contributed by atoms with Gasteiger partial charge in [0.15, 0.2) is 0 Å². The van der Waals surface area contributed by atoms with Crippen LogP contribution in [0.2, 0.25) is 0 Å². The second-order valence-corrected chi connectivity index (χ2v) is 5.99. The van der Waals surface area contributed by atoms with E-state index < -0.39 is 6.04 Å². The van der Waals surface area contributed by atoms with Crippen LogP contribution in [0.1, 0.15) is 18.5 Å². The van der Waals surface area contributed by atoms with E-state index in [1.54, 1.807) is 38.6 Å². The van der Waals surface area contributed by atoms with Gasteiger partial charge >= 0.3 is 0 Å². The maximum atomic E-state index is 12.5. The average molecular weight is 364 g/mol. The minimum atomic E-state index is -0.750. The van der Waals surface area contributed by atoms with Crippen LogP contribution in [0, 0.1) is 0 Å². The number of pyridine rings is 1. The van der Waals surface area contributed by atoms with Crippen molar-refractivity contribution in [2.75, 3.05) is 7.11 Å². The Morgan fingerprint density at radius 2 is 2.07 bits per heavy atom. The fourth-order valence-corrected chi connectivity index (χ4v) is 2.60. The molecule has 0 aliphatic rings. The molecular weight excluding hydrogens is 344 g/mol. The smallest absolute Gasteiger partial charge is 0.267 e. The molecule has 0 saturated heterocycles. The summed E-state index contributed by atoms with van der Waals surface area (Å²) in [5.41, 5.74) is 1.91. The third-order valence-electron chi connectivity index (χ3n) is 4.13. The van der Waals surface area contributed by atoms with Crippen molar-refractivity contribution in [3.8, 4) is 17.0 Å². The summed E-state index contributed by atoms with van der Waals surface area (Å²) in [6.07, 6.45) is 3.32. The number of carbonyl (C=O) groups excluding carboxylic acids is 1. The maximum absolute atomic E-state index is 12.5. The second-order valence-electron chi connectivity index (χ2n) is 5.99. The van der Waals surface area contributed by atoms with E-state index >= 15 is 0 Å². The van der Waals surface area contributed by atoms with Crippen LogP contribution in [0.15, 0.2) is 65.7 Å². The molecule has 3 rings (SSSR count). The van der Waals surface area contributed by atoms with E-state index in [-0.39, 0.29) is 11.5 Å². The summed E-state index contributed by atoms with van der Waals surface area (Å²) in [5, 5.41) is 7.16. The number of benzene rings is 1. The Kier molecular flexibility index (Phi) is 5.61. The molecule has 2 heterocycles. The number of carbonyl (C=O) groups is 1. The molecule has 2 aromatic heterocycles. The summed E-state index contributed by atoms with van der Waals surface area (Å²) < 4.78 is 6.36. The molecule has 0 bridgehead atoms. The lowest BCUT2D eigenvalue weighted by molar-refractivity contribution is -0.124. The highest BCUT2D eigenvalue weighted by molar-refractivity contribution is 5.79. The highest BCUT2D eigenvalue weighted by Crippen LogP contribution is 2.15. The zero-order chi connectivity index (χ0) is 19.2. The molecule has 0 fully saturated rings.